The molecule has 0 saturated carbocycles. The summed E-state index contributed by atoms with van der Waals surface area (Å²) in [6.07, 6.45) is 5.62. The van der Waals surface area contributed by atoms with Crippen molar-refractivity contribution in [1.82, 2.24) is 5.32 Å². The summed E-state index contributed by atoms with van der Waals surface area (Å²) in [5, 5.41) is 20.3. The van der Waals surface area contributed by atoms with Crippen LogP contribution in [0.3, 0.4) is 0 Å². The van der Waals surface area contributed by atoms with Crippen molar-refractivity contribution in [2.45, 2.75) is 39.5 Å². The molecule has 5 N–H and O–H groups in total. The van der Waals surface area contributed by atoms with E-state index in [2.05, 4.69) is 5.32 Å². The van der Waals surface area contributed by atoms with E-state index < -0.39 is 11.7 Å². The molecule has 2 rings (SSSR count). The van der Waals surface area contributed by atoms with Gasteiger partial charge in [0, 0.05) is 46.8 Å². The van der Waals surface area contributed by atoms with Crippen molar-refractivity contribution < 1.29 is 29.4 Å². The van der Waals surface area contributed by atoms with E-state index in [0.29, 0.717) is 13.1 Å². The van der Waals surface area contributed by atoms with E-state index in [-0.39, 0.29) is 12.4 Å². The van der Waals surface area contributed by atoms with Gasteiger partial charge in [0.05, 0.1) is 0 Å². The van der Waals surface area contributed by atoms with Gasteiger partial charge >= 0.3 is 6.09 Å². The van der Waals surface area contributed by atoms with Gasteiger partial charge in [-0.3, -0.25) is 10.4 Å². The minimum atomic E-state index is -0.491. The van der Waals surface area contributed by atoms with E-state index in [0.717, 1.165) is 20.6 Å². The first-order chi connectivity index (χ1) is 11.7. The first kappa shape index (κ1) is 23.4. The van der Waals surface area contributed by atoms with Crippen LogP contribution in [-0.2, 0) is 17.8 Å². The molecule has 8 nitrogen and oxygen atoms in total. The zero-order valence-corrected chi connectivity index (χ0v) is 15.9. The summed E-state index contributed by atoms with van der Waals surface area (Å²) < 4.78 is 7.01. The number of carbonyl (C=O) groups is 1. The first-order valence-corrected chi connectivity index (χ1v) is 7.75. The van der Waals surface area contributed by atoms with E-state index >= 15 is 0 Å². The summed E-state index contributed by atoms with van der Waals surface area (Å²) in [7, 11) is 0. The van der Waals surface area contributed by atoms with Gasteiger partial charge < -0.3 is 15.8 Å². The maximum atomic E-state index is 11.3. The van der Waals surface area contributed by atoms with Gasteiger partial charge in [-0.1, -0.05) is 0 Å². The Labute approximate surface area is 159 Å². The highest BCUT2D eigenvalue weighted by Gasteiger charge is 2.15. The second-order valence-electron chi connectivity index (χ2n) is 6.23. The van der Waals surface area contributed by atoms with Crippen LogP contribution >= 0.6 is 12.4 Å². The Hall–Kier alpha value is -2.58. The highest BCUT2D eigenvalue weighted by atomic mass is 35.5. The van der Waals surface area contributed by atoms with Crippen molar-refractivity contribution in [2.24, 2.45) is 5.73 Å². The fourth-order valence-electron chi connectivity index (χ4n) is 1.64. The molecule has 2 heterocycles. The third-order valence-electron chi connectivity index (χ3n) is 2.84. The van der Waals surface area contributed by atoms with Gasteiger partial charge in [-0.15, -0.1) is 12.4 Å². The Morgan fingerprint density at radius 3 is 1.85 bits per heavy atom. The monoisotopic (exact) mass is 386 g/mol. The summed E-state index contributed by atoms with van der Waals surface area (Å²) in [6.45, 7) is 6.31. The van der Waals surface area contributed by atoms with Crippen LogP contribution in [0.15, 0.2) is 49.1 Å². The summed E-state index contributed by atoms with van der Waals surface area (Å²) in [5.74, 6) is 0. The molecule has 144 valence electrons. The number of hydrogen-bond acceptors (Lipinski definition) is 5. The number of ether oxygens (including phenoxy) is 1. The third-order valence-corrected chi connectivity index (χ3v) is 2.84. The fourth-order valence-corrected chi connectivity index (χ4v) is 1.64. The molecule has 0 aromatic carbocycles. The lowest BCUT2D eigenvalue weighted by atomic mass is 10.2. The summed E-state index contributed by atoms with van der Waals surface area (Å²) in [6, 6.07) is 6.94. The van der Waals surface area contributed by atoms with Gasteiger partial charge in [0.15, 0.2) is 0 Å². The number of rotatable bonds is 3. The SMILES string of the molecule is CC(C)(C)OC(=O)NCc1cc[n+](O)cc1.Cl.NCc1cc[n+](O)cc1. The average molecular weight is 387 g/mol. The molecule has 9 heteroatoms. The van der Waals surface area contributed by atoms with Gasteiger partial charge in [-0.05, 0) is 31.9 Å². The number of pyridine rings is 2. The smallest absolute Gasteiger partial charge is 0.407 e. The van der Waals surface area contributed by atoms with Crippen molar-refractivity contribution in [1.29, 1.82) is 0 Å². The normalized spacial score (nSPS) is 10.0. The molecule has 2 aromatic rings. The lowest BCUT2D eigenvalue weighted by molar-refractivity contribution is -0.904. The minimum Gasteiger partial charge on any atom is -0.444 e. The molecule has 0 atom stereocenters. The third kappa shape index (κ3) is 10.3. The molecule has 0 saturated heterocycles. The van der Waals surface area contributed by atoms with Gasteiger partial charge in [-0.25, -0.2) is 4.79 Å². The average Bonchev–Trinajstić information content (AvgIpc) is 2.54. The second-order valence-corrected chi connectivity index (χ2v) is 6.23. The Morgan fingerprint density at radius 2 is 1.46 bits per heavy atom. The van der Waals surface area contributed by atoms with E-state index in [1.54, 1.807) is 36.7 Å². The number of nitrogens with two attached hydrogens (primary N) is 1. The number of nitrogens with one attached hydrogen (secondary N) is 1. The molecular formula is C17H27ClN4O4+2. The molecule has 2 aromatic heterocycles. The standard InChI is InChI=1S/C11H16N2O3.C6H9N2O.ClH/c1-11(2,3)16-10(14)12-8-9-4-6-13(15)7-5-9;7-5-6-1-3-8(9)4-2-6;/h4-7H,8H2,1-3H3,(H-,12,14,15);1-4,9H,5,7H2;1H/q;+1;/p+1. The zero-order chi connectivity index (χ0) is 18.9. The number of amides is 1. The van der Waals surface area contributed by atoms with E-state index in [1.807, 2.05) is 20.8 Å². The Balaban J connectivity index is 0.000000532. The molecule has 0 spiro atoms. The van der Waals surface area contributed by atoms with Crippen molar-refractivity contribution in [3.8, 4) is 0 Å². The van der Waals surface area contributed by atoms with Crippen LogP contribution in [0.1, 0.15) is 31.9 Å². The Bertz CT molecular complexity index is 658. The summed E-state index contributed by atoms with van der Waals surface area (Å²) in [5.41, 5.74) is 6.72. The molecule has 0 aliphatic rings. The maximum absolute atomic E-state index is 11.3. The topological polar surface area (TPSA) is 113 Å². The van der Waals surface area contributed by atoms with Crippen LogP contribution in [0.4, 0.5) is 4.79 Å². The maximum Gasteiger partial charge on any atom is 0.407 e. The summed E-state index contributed by atoms with van der Waals surface area (Å²) >= 11 is 0. The van der Waals surface area contributed by atoms with Crippen molar-refractivity contribution >= 4 is 18.5 Å². The van der Waals surface area contributed by atoms with E-state index in [4.69, 9.17) is 20.9 Å². The molecule has 26 heavy (non-hydrogen) atoms. The molecule has 0 fully saturated rings. The summed E-state index contributed by atoms with van der Waals surface area (Å²) in [4.78, 5) is 11.3. The van der Waals surface area contributed by atoms with Gasteiger partial charge in [0.1, 0.15) is 5.60 Å². The van der Waals surface area contributed by atoms with Gasteiger partial charge in [0.25, 0.3) is 0 Å². The molecular weight excluding hydrogens is 360 g/mol. The fraction of sp³-hybridized carbons (Fsp3) is 0.353. The molecule has 1 amide bonds. The van der Waals surface area contributed by atoms with Crippen molar-refractivity contribution in [2.75, 3.05) is 0 Å². The van der Waals surface area contributed by atoms with Crippen LogP contribution in [-0.4, -0.2) is 22.1 Å². The number of nitrogens with zero attached hydrogens (tertiary/aromatic N) is 2. The van der Waals surface area contributed by atoms with Crippen LogP contribution in [0.2, 0.25) is 0 Å². The van der Waals surface area contributed by atoms with Crippen LogP contribution in [0, 0.1) is 0 Å². The highest BCUT2D eigenvalue weighted by Crippen LogP contribution is 2.06. The Kier molecular flexibility index (Phi) is 10.0. The van der Waals surface area contributed by atoms with Gasteiger partial charge in [0.2, 0.25) is 24.8 Å². The number of hydrogen-bond donors (Lipinski definition) is 4. The molecule has 0 radical (unpaired) electrons. The van der Waals surface area contributed by atoms with Crippen molar-refractivity contribution in [3.63, 3.8) is 0 Å². The predicted molar refractivity (Wildman–Crippen MR) is 95.9 cm³/mol. The molecule has 0 aliphatic carbocycles. The number of aromatic nitrogens is 2. The van der Waals surface area contributed by atoms with E-state index in [9.17, 15) is 4.79 Å². The molecule has 0 aliphatic heterocycles. The number of halogens is 1. The lowest BCUT2D eigenvalue weighted by Crippen LogP contribution is -2.32. The minimum absolute atomic E-state index is 0. The van der Waals surface area contributed by atoms with Crippen molar-refractivity contribution in [3.05, 3.63) is 60.2 Å². The number of alkyl carbamates (subject to hydrolysis) is 1. The number of carbonyl (C=O) groups excluding carboxylic acids is 1. The first-order valence-electron chi connectivity index (χ1n) is 7.75. The zero-order valence-electron chi connectivity index (χ0n) is 15.1. The molecule has 0 unspecified atom stereocenters. The van der Waals surface area contributed by atoms with Gasteiger partial charge in [-0.2, -0.15) is 0 Å². The largest absolute Gasteiger partial charge is 0.444 e. The lowest BCUT2D eigenvalue weighted by Gasteiger charge is -2.19. The highest BCUT2D eigenvalue weighted by molar-refractivity contribution is 5.85. The van der Waals surface area contributed by atoms with E-state index in [1.165, 1.54) is 12.4 Å². The van der Waals surface area contributed by atoms with Crippen LogP contribution in [0.25, 0.3) is 0 Å². The van der Waals surface area contributed by atoms with Crippen LogP contribution in [0.5, 0.6) is 0 Å². The predicted octanol–water partition coefficient (Wildman–Crippen LogP) is 1.33. The quantitative estimate of drug-likeness (QED) is 0.469. The Morgan fingerprint density at radius 1 is 1.04 bits per heavy atom. The van der Waals surface area contributed by atoms with Crippen LogP contribution < -0.4 is 20.5 Å². The second kappa shape index (κ2) is 11.1. The molecule has 0 bridgehead atoms.